The van der Waals surface area contributed by atoms with Gasteiger partial charge in [-0.2, -0.15) is 5.26 Å². The van der Waals surface area contributed by atoms with Crippen molar-refractivity contribution in [2.75, 3.05) is 0 Å². The smallest absolute Gasteiger partial charge is 0.145 e. The standard InChI is InChI=1S/C14H9BrClNO/c1-9-2-3-11(15)7-14(9)18-13-5-4-12(16)6-10(13)8-17/h2-7H,1H3. The van der Waals surface area contributed by atoms with Crippen molar-refractivity contribution in [3.05, 3.63) is 57.0 Å². The van der Waals surface area contributed by atoms with E-state index < -0.39 is 0 Å². The molecule has 2 aromatic rings. The molecule has 0 N–H and O–H groups in total. The second-order valence-corrected chi connectivity index (χ2v) is 5.12. The molecule has 0 amide bonds. The summed E-state index contributed by atoms with van der Waals surface area (Å²) in [6.07, 6.45) is 0. The largest absolute Gasteiger partial charge is 0.456 e. The van der Waals surface area contributed by atoms with E-state index in [1.54, 1.807) is 18.2 Å². The molecule has 0 heterocycles. The predicted octanol–water partition coefficient (Wildman–Crippen LogP) is 5.07. The van der Waals surface area contributed by atoms with Gasteiger partial charge in [-0.1, -0.05) is 33.6 Å². The van der Waals surface area contributed by atoms with E-state index in [9.17, 15) is 0 Å². The zero-order valence-electron chi connectivity index (χ0n) is 9.58. The van der Waals surface area contributed by atoms with Crippen molar-refractivity contribution in [3.63, 3.8) is 0 Å². The van der Waals surface area contributed by atoms with Gasteiger partial charge in [-0.25, -0.2) is 0 Å². The number of benzene rings is 2. The van der Waals surface area contributed by atoms with Crippen molar-refractivity contribution in [2.45, 2.75) is 6.92 Å². The molecule has 4 heteroatoms. The van der Waals surface area contributed by atoms with Crippen LogP contribution in [0, 0.1) is 18.3 Å². The Hall–Kier alpha value is -1.50. The quantitative estimate of drug-likeness (QED) is 0.773. The van der Waals surface area contributed by atoms with Crippen LogP contribution < -0.4 is 4.74 Å². The molecule has 0 unspecified atom stereocenters. The lowest BCUT2D eigenvalue weighted by molar-refractivity contribution is 0.477. The summed E-state index contributed by atoms with van der Waals surface area (Å²) < 4.78 is 6.68. The number of halogens is 2. The van der Waals surface area contributed by atoms with Gasteiger partial charge in [0.15, 0.2) is 0 Å². The van der Waals surface area contributed by atoms with Gasteiger partial charge in [0.1, 0.15) is 17.6 Å². The summed E-state index contributed by atoms with van der Waals surface area (Å²) in [4.78, 5) is 0. The van der Waals surface area contributed by atoms with Crippen molar-refractivity contribution in [1.29, 1.82) is 5.26 Å². The molecule has 18 heavy (non-hydrogen) atoms. The summed E-state index contributed by atoms with van der Waals surface area (Å²) in [5.74, 6) is 1.21. The number of nitrogens with zero attached hydrogens (tertiary/aromatic N) is 1. The van der Waals surface area contributed by atoms with Gasteiger partial charge in [0.2, 0.25) is 0 Å². The van der Waals surface area contributed by atoms with Crippen LogP contribution in [0.4, 0.5) is 0 Å². The monoisotopic (exact) mass is 321 g/mol. The van der Waals surface area contributed by atoms with E-state index >= 15 is 0 Å². The van der Waals surface area contributed by atoms with Crippen molar-refractivity contribution in [1.82, 2.24) is 0 Å². The number of hydrogen-bond donors (Lipinski definition) is 0. The Kier molecular flexibility index (Phi) is 3.90. The van der Waals surface area contributed by atoms with E-state index in [1.165, 1.54) is 0 Å². The highest BCUT2D eigenvalue weighted by Crippen LogP contribution is 2.31. The second kappa shape index (κ2) is 5.43. The number of ether oxygens (including phenoxy) is 1. The van der Waals surface area contributed by atoms with Gasteiger partial charge in [0.25, 0.3) is 0 Å². The normalized spacial score (nSPS) is 9.89. The molecule has 0 aliphatic rings. The highest BCUT2D eigenvalue weighted by atomic mass is 79.9. The molecule has 2 nitrogen and oxygen atoms in total. The Morgan fingerprint density at radius 1 is 1.17 bits per heavy atom. The Morgan fingerprint density at radius 2 is 1.94 bits per heavy atom. The van der Waals surface area contributed by atoms with E-state index in [4.69, 9.17) is 21.6 Å². The van der Waals surface area contributed by atoms with E-state index in [1.807, 2.05) is 25.1 Å². The van der Waals surface area contributed by atoms with Gasteiger partial charge in [-0.15, -0.1) is 0 Å². The zero-order valence-corrected chi connectivity index (χ0v) is 11.9. The number of rotatable bonds is 2. The molecule has 0 aromatic heterocycles. The third kappa shape index (κ3) is 2.84. The van der Waals surface area contributed by atoms with Crippen molar-refractivity contribution in [2.24, 2.45) is 0 Å². The molecule has 0 saturated heterocycles. The van der Waals surface area contributed by atoms with Crippen LogP contribution in [0.25, 0.3) is 0 Å². The molecule has 0 radical (unpaired) electrons. The Labute approximate surface area is 119 Å². The summed E-state index contributed by atoms with van der Waals surface area (Å²) in [7, 11) is 0. The Balaban J connectivity index is 2.40. The predicted molar refractivity (Wildman–Crippen MR) is 75.1 cm³/mol. The van der Waals surface area contributed by atoms with E-state index in [0.717, 1.165) is 10.0 Å². The van der Waals surface area contributed by atoms with Crippen LogP contribution in [0.5, 0.6) is 11.5 Å². The molecule has 0 saturated carbocycles. The van der Waals surface area contributed by atoms with Crippen LogP contribution in [-0.4, -0.2) is 0 Å². The molecule has 0 aliphatic heterocycles. The summed E-state index contributed by atoms with van der Waals surface area (Å²) >= 11 is 9.23. The minimum absolute atomic E-state index is 0.418. The molecule has 90 valence electrons. The van der Waals surface area contributed by atoms with E-state index in [0.29, 0.717) is 22.1 Å². The topological polar surface area (TPSA) is 33.0 Å². The molecule has 2 rings (SSSR count). The third-order valence-electron chi connectivity index (χ3n) is 2.43. The highest BCUT2D eigenvalue weighted by Gasteiger charge is 2.07. The molecule has 0 fully saturated rings. The van der Waals surface area contributed by atoms with Crippen LogP contribution >= 0.6 is 27.5 Å². The first-order chi connectivity index (χ1) is 8.60. The lowest BCUT2D eigenvalue weighted by atomic mass is 10.2. The maximum atomic E-state index is 9.05. The van der Waals surface area contributed by atoms with Gasteiger partial charge < -0.3 is 4.74 Å². The van der Waals surface area contributed by atoms with E-state index in [-0.39, 0.29) is 0 Å². The summed E-state index contributed by atoms with van der Waals surface area (Å²) in [5.41, 5.74) is 1.42. The first-order valence-corrected chi connectivity index (χ1v) is 6.41. The number of aryl methyl sites for hydroxylation is 1. The average molecular weight is 323 g/mol. The van der Waals surface area contributed by atoms with E-state index in [2.05, 4.69) is 22.0 Å². The van der Waals surface area contributed by atoms with Crippen LogP contribution in [0.1, 0.15) is 11.1 Å². The average Bonchev–Trinajstić information content (AvgIpc) is 2.36. The fourth-order valence-electron chi connectivity index (χ4n) is 1.48. The fourth-order valence-corrected chi connectivity index (χ4v) is 1.99. The van der Waals surface area contributed by atoms with Crippen LogP contribution in [0.15, 0.2) is 40.9 Å². The molecular formula is C14H9BrClNO. The van der Waals surface area contributed by atoms with Crippen LogP contribution in [0.2, 0.25) is 5.02 Å². The summed E-state index contributed by atoms with van der Waals surface area (Å²) in [5, 5.41) is 9.57. The minimum atomic E-state index is 0.418. The van der Waals surface area contributed by atoms with Crippen molar-refractivity contribution in [3.8, 4) is 17.6 Å². The summed E-state index contributed by atoms with van der Waals surface area (Å²) in [6, 6.07) is 12.8. The first-order valence-electron chi connectivity index (χ1n) is 5.24. The van der Waals surface area contributed by atoms with Gasteiger partial charge in [-0.05, 0) is 42.8 Å². The van der Waals surface area contributed by atoms with Crippen LogP contribution in [0.3, 0.4) is 0 Å². The molecule has 0 aliphatic carbocycles. The Morgan fingerprint density at radius 3 is 2.67 bits per heavy atom. The SMILES string of the molecule is Cc1ccc(Br)cc1Oc1ccc(Cl)cc1C#N. The number of hydrogen-bond acceptors (Lipinski definition) is 2. The lowest BCUT2D eigenvalue weighted by Gasteiger charge is -2.10. The minimum Gasteiger partial charge on any atom is -0.456 e. The maximum absolute atomic E-state index is 9.05. The highest BCUT2D eigenvalue weighted by molar-refractivity contribution is 9.10. The van der Waals surface area contributed by atoms with Gasteiger partial charge >= 0.3 is 0 Å². The molecule has 0 atom stereocenters. The Bertz CT molecular complexity index is 634. The lowest BCUT2D eigenvalue weighted by Crippen LogP contribution is -1.90. The first kappa shape index (κ1) is 12.9. The maximum Gasteiger partial charge on any atom is 0.145 e. The third-order valence-corrected chi connectivity index (χ3v) is 3.16. The fraction of sp³-hybridized carbons (Fsp3) is 0.0714. The molecule has 2 aromatic carbocycles. The van der Waals surface area contributed by atoms with Crippen molar-refractivity contribution < 1.29 is 4.74 Å². The number of nitriles is 1. The van der Waals surface area contributed by atoms with Gasteiger partial charge in [0, 0.05) is 9.50 Å². The molecular weight excluding hydrogens is 314 g/mol. The van der Waals surface area contributed by atoms with Gasteiger partial charge in [0.05, 0.1) is 5.56 Å². The van der Waals surface area contributed by atoms with Crippen LogP contribution in [-0.2, 0) is 0 Å². The van der Waals surface area contributed by atoms with Crippen molar-refractivity contribution >= 4 is 27.5 Å². The summed E-state index contributed by atoms with van der Waals surface area (Å²) in [6.45, 7) is 1.95. The zero-order chi connectivity index (χ0) is 13.1. The molecule has 0 bridgehead atoms. The second-order valence-electron chi connectivity index (χ2n) is 3.76. The molecule has 0 spiro atoms. The van der Waals surface area contributed by atoms with Gasteiger partial charge in [-0.3, -0.25) is 0 Å².